The molecule has 0 saturated heterocycles. The maximum atomic E-state index is 13.0. The molecule has 0 bridgehead atoms. The monoisotopic (exact) mass is 222 g/mol. The van der Waals surface area contributed by atoms with Crippen molar-refractivity contribution in [2.24, 2.45) is 0 Å². The molecule has 14 heavy (non-hydrogen) atoms. The number of alkyl halides is 2. The number of benzene rings is 1. The Morgan fingerprint density at radius 2 is 1.64 bits per heavy atom. The SMILES string of the molecule is Cc1ccc(C(F)(F)P(=O)(O)O)cc1. The van der Waals surface area contributed by atoms with E-state index in [0.717, 1.165) is 17.7 Å². The normalized spacial score (nSPS) is 12.9. The summed E-state index contributed by atoms with van der Waals surface area (Å²) in [6.45, 7) is 1.69. The highest BCUT2D eigenvalue weighted by Crippen LogP contribution is 2.59. The molecule has 1 aromatic rings. The minimum absolute atomic E-state index is 0.670. The third-order valence-corrected chi connectivity index (χ3v) is 2.75. The van der Waals surface area contributed by atoms with Crippen molar-refractivity contribution in [2.45, 2.75) is 12.6 Å². The maximum absolute atomic E-state index is 13.0. The first-order chi connectivity index (χ1) is 6.25. The molecule has 2 N–H and O–H groups in total. The van der Waals surface area contributed by atoms with Gasteiger partial charge in [0, 0.05) is 5.56 Å². The molecule has 3 nitrogen and oxygen atoms in total. The van der Waals surface area contributed by atoms with Crippen molar-refractivity contribution in [3.8, 4) is 0 Å². The number of halogens is 2. The van der Waals surface area contributed by atoms with Gasteiger partial charge in [-0.3, -0.25) is 4.57 Å². The lowest BCUT2D eigenvalue weighted by Crippen LogP contribution is -2.13. The number of hydrogen-bond acceptors (Lipinski definition) is 1. The Hall–Kier alpha value is -0.770. The molecule has 1 rings (SSSR count). The van der Waals surface area contributed by atoms with Crippen LogP contribution in [0.15, 0.2) is 24.3 Å². The van der Waals surface area contributed by atoms with E-state index in [1.54, 1.807) is 6.92 Å². The van der Waals surface area contributed by atoms with Crippen molar-refractivity contribution in [3.63, 3.8) is 0 Å². The molecule has 0 atom stereocenters. The molecule has 0 radical (unpaired) electrons. The number of aryl methyl sites for hydroxylation is 1. The Labute approximate surface area is 79.5 Å². The van der Waals surface area contributed by atoms with Crippen LogP contribution < -0.4 is 0 Å². The van der Waals surface area contributed by atoms with Crippen molar-refractivity contribution in [1.29, 1.82) is 0 Å². The van der Waals surface area contributed by atoms with Crippen molar-refractivity contribution < 1.29 is 23.1 Å². The molecule has 0 amide bonds. The van der Waals surface area contributed by atoms with Crippen LogP contribution in [0.3, 0.4) is 0 Å². The van der Waals surface area contributed by atoms with Crippen LogP contribution in [0.4, 0.5) is 8.78 Å². The Bertz CT molecular complexity index is 369. The minimum Gasteiger partial charge on any atom is -0.320 e. The third-order valence-electron chi connectivity index (χ3n) is 1.76. The van der Waals surface area contributed by atoms with Crippen molar-refractivity contribution >= 4 is 7.60 Å². The van der Waals surface area contributed by atoms with Gasteiger partial charge in [0.05, 0.1) is 0 Å². The van der Waals surface area contributed by atoms with Gasteiger partial charge in [-0.05, 0) is 6.92 Å². The van der Waals surface area contributed by atoms with E-state index in [4.69, 9.17) is 9.79 Å². The van der Waals surface area contributed by atoms with Crippen LogP contribution in [0.2, 0.25) is 0 Å². The molecule has 78 valence electrons. The van der Waals surface area contributed by atoms with Crippen LogP contribution in [0, 0.1) is 6.92 Å². The van der Waals surface area contributed by atoms with Gasteiger partial charge in [0.2, 0.25) is 0 Å². The Balaban J connectivity index is 3.17. The molecule has 1 aromatic carbocycles. The molecule has 0 aliphatic heterocycles. The second-order valence-corrected chi connectivity index (χ2v) is 4.60. The van der Waals surface area contributed by atoms with E-state index in [9.17, 15) is 13.3 Å². The zero-order valence-electron chi connectivity index (χ0n) is 7.32. The molecule has 0 aromatic heterocycles. The molecular formula is C8H9F2O3P. The van der Waals surface area contributed by atoms with Gasteiger partial charge in [-0.1, -0.05) is 29.8 Å². The molecule has 0 aliphatic carbocycles. The summed E-state index contributed by atoms with van der Waals surface area (Å²) in [7, 11) is -5.44. The minimum atomic E-state index is -5.44. The van der Waals surface area contributed by atoms with Gasteiger partial charge >= 0.3 is 13.3 Å². The highest BCUT2D eigenvalue weighted by molar-refractivity contribution is 7.52. The van der Waals surface area contributed by atoms with Crippen molar-refractivity contribution in [3.05, 3.63) is 35.4 Å². The fraction of sp³-hybridized carbons (Fsp3) is 0.250. The lowest BCUT2D eigenvalue weighted by atomic mass is 10.2. The molecule has 0 heterocycles. The predicted molar refractivity (Wildman–Crippen MR) is 47.1 cm³/mol. The summed E-state index contributed by atoms with van der Waals surface area (Å²) >= 11 is 0. The van der Waals surface area contributed by atoms with Gasteiger partial charge in [0.25, 0.3) is 0 Å². The zero-order valence-corrected chi connectivity index (χ0v) is 8.21. The molecule has 0 unspecified atom stereocenters. The Morgan fingerprint density at radius 1 is 1.21 bits per heavy atom. The smallest absolute Gasteiger partial charge is 0.320 e. The van der Waals surface area contributed by atoms with Crippen molar-refractivity contribution in [2.75, 3.05) is 0 Å². The van der Waals surface area contributed by atoms with Gasteiger partial charge < -0.3 is 9.79 Å². The lowest BCUT2D eigenvalue weighted by molar-refractivity contribution is 0.0564. The Kier molecular flexibility index (Phi) is 2.76. The van der Waals surface area contributed by atoms with Crippen LogP contribution in [0.1, 0.15) is 11.1 Å². The first-order valence-electron chi connectivity index (χ1n) is 3.76. The van der Waals surface area contributed by atoms with Gasteiger partial charge in [0.1, 0.15) is 0 Å². The maximum Gasteiger partial charge on any atom is 0.399 e. The molecule has 6 heteroatoms. The number of hydrogen-bond donors (Lipinski definition) is 2. The molecule has 0 saturated carbocycles. The topological polar surface area (TPSA) is 57.5 Å². The second-order valence-electron chi connectivity index (χ2n) is 2.95. The molecular weight excluding hydrogens is 213 g/mol. The molecule has 0 fully saturated rings. The first-order valence-corrected chi connectivity index (χ1v) is 5.37. The van der Waals surface area contributed by atoms with Gasteiger partial charge in [-0.2, -0.15) is 8.78 Å². The summed E-state index contributed by atoms with van der Waals surface area (Å²) in [4.78, 5) is 16.9. The summed E-state index contributed by atoms with van der Waals surface area (Å²) < 4.78 is 36.5. The molecule has 0 aliphatic rings. The van der Waals surface area contributed by atoms with Gasteiger partial charge in [0.15, 0.2) is 0 Å². The lowest BCUT2D eigenvalue weighted by Gasteiger charge is -2.17. The summed E-state index contributed by atoms with van der Waals surface area (Å²) in [5.41, 5.74) is -4.03. The van der Waals surface area contributed by atoms with E-state index in [0.29, 0.717) is 0 Å². The second kappa shape index (κ2) is 3.42. The van der Waals surface area contributed by atoms with Gasteiger partial charge in [-0.25, -0.2) is 0 Å². The summed E-state index contributed by atoms with van der Waals surface area (Å²) in [5.74, 6) is 0. The average Bonchev–Trinajstić information content (AvgIpc) is 2.03. The zero-order chi connectivity index (χ0) is 11.0. The van der Waals surface area contributed by atoms with E-state index in [-0.39, 0.29) is 0 Å². The summed E-state index contributed by atoms with van der Waals surface area (Å²) in [6.07, 6.45) is 0. The largest absolute Gasteiger partial charge is 0.399 e. The third kappa shape index (κ3) is 2.00. The van der Waals surface area contributed by atoms with E-state index >= 15 is 0 Å². The fourth-order valence-electron chi connectivity index (χ4n) is 0.922. The van der Waals surface area contributed by atoms with Crippen LogP contribution >= 0.6 is 7.60 Å². The van der Waals surface area contributed by atoms with Crippen LogP contribution in [0.25, 0.3) is 0 Å². The summed E-state index contributed by atoms with van der Waals surface area (Å²) in [6, 6.07) is 4.76. The predicted octanol–water partition coefficient (Wildman–Crippen LogP) is 2.22. The van der Waals surface area contributed by atoms with E-state index in [1.165, 1.54) is 12.1 Å². The highest BCUT2D eigenvalue weighted by atomic mass is 31.2. The average molecular weight is 222 g/mol. The number of rotatable bonds is 2. The highest BCUT2D eigenvalue weighted by Gasteiger charge is 2.50. The summed E-state index contributed by atoms with van der Waals surface area (Å²) in [5, 5.41) is 0. The standard InChI is InChI=1S/C8H9F2O3P/c1-6-2-4-7(5-3-6)8(9,10)14(11,12)13/h2-5H,1H3,(H2,11,12,13). The van der Waals surface area contributed by atoms with E-state index in [1.807, 2.05) is 0 Å². The quantitative estimate of drug-likeness (QED) is 0.754. The molecule has 0 spiro atoms. The van der Waals surface area contributed by atoms with Gasteiger partial charge in [-0.15, -0.1) is 0 Å². The van der Waals surface area contributed by atoms with E-state index < -0.39 is 18.8 Å². The van der Waals surface area contributed by atoms with E-state index in [2.05, 4.69) is 0 Å². The van der Waals surface area contributed by atoms with Crippen LogP contribution in [-0.2, 0) is 10.2 Å². The van der Waals surface area contributed by atoms with Crippen molar-refractivity contribution in [1.82, 2.24) is 0 Å². The first kappa shape index (κ1) is 11.3. The van der Waals surface area contributed by atoms with Crippen LogP contribution in [0.5, 0.6) is 0 Å². The Morgan fingerprint density at radius 3 is 2.00 bits per heavy atom. The fourth-order valence-corrected chi connectivity index (χ4v) is 1.41. The van der Waals surface area contributed by atoms with Crippen LogP contribution in [-0.4, -0.2) is 9.79 Å².